The number of allylic oxidation sites excluding steroid dienone is 2. The Morgan fingerprint density at radius 1 is 1.07 bits per heavy atom. The van der Waals surface area contributed by atoms with E-state index < -0.39 is 15.8 Å². The zero-order chi connectivity index (χ0) is 22.8. The molecule has 0 spiro atoms. The van der Waals surface area contributed by atoms with E-state index in [9.17, 15) is 18.3 Å². The second-order valence-electron chi connectivity index (χ2n) is 8.07. The summed E-state index contributed by atoms with van der Waals surface area (Å²) in [6.07, 6.45) is 2.80. The minimum Gasteiger partial charge on any atom is -0.511 e. The van der Waals surface area contributed by atoms with Crippen LogP contribution in [0.25, 0.3) is 0 Å². The summed E-state index contributed by atoms with van der Waals surface area (Å²) in [6.45, 7) is 11.7. The molecule has 7 heteroatoms. The molecule has 0 saturated carbocycles. The Labute approximate surface area is 179 Å². The van der Waals surface area contributed by atoms with Crippen LogP contribution >= 0.6 is 0 Å². The van der Waals surface area contributed by atoms with Crippen molar-refractivity contribution >= 4 is 21.3 Å². The number of hydrogen-bond acceptors (Lipinski definition) is 6. The fraction of sp³-hybridized carbons (Fsp3) is 0.565. The Morgan fingerprint density at radius 2 is 1.67 bits per heavy atom. The number of carbonyl (C=O) groups excluding carboxylic acids is 1. The van der Waals surface area contributed by atoms with Crippen molar-refractivity contribution < 1.29 is 23.2 Å². The van der Waals surface area contributed by atoms with Gasteiger partial charge < -0.3 is 9.94 Å². The van der Waals surface area contributed by atoms with Crippen molar-refractivity contribution in [3.63, 3.8) is 0 Å². The molecule has 0 fully saturated rings. The van der Waals surface area contributed by atoms with Crippen LogP contribution in [0, 0.1) is 27.7 Å². The Morgan fingerprint density at radius 3 is 2.17 bits per heavy atom. The molecule has 6 nitrogen and oxygen atoms in total. The lowest BCUT2D eigenvalue weighted by molar-refractivity contribution is -0.116. The number of oxime groups is 1. The minimum absolute atomic E-state index is 0.0436. The van der Waals surface area contributed by atoms with Crippen LogP contribution in [0.5, 0.6) is 0 Å². The minimum atomic E-state index is -3.51. The van der Waals surface area contributed by atoms with E-state index in [1.54, 1.807) is 6.92 Å². The molecule has 1 aromatic carbocycles. The van der Waals surface area contributed by atoms with Crippen molar-refractivity contribution in [3.05, 3.63) is 39.1 Å². The quantitative estimate of drug-likeness (QED) is 0.492. The molecular weight excluding hydrogens is 402 g/mol. The van der Waals surface area contributed by atoms with Gasteiger partial charge in [0.2, 0.25) is 0 Å². The molecule has 0 radical (unpaired) electrons. The molecule has 0 amide bonds. The topological polar surface area (TPSA) is 93.0 Å². The molecule has 1 unspecified atom stereocenters. The number of rotatable bonds is 7. The first-order valence-corrected chi connectivity index (χ1v) is 12.3. The highest BCUT2D eigenvalue weighted by Crippen LogP contribution is 2.42. The molecule has 166 valence electrons. The van der Waals surface area contributed by atoms with E-state index in [1.165, 1.54) is 6.26 Å². The Hall–Kier alpha value is -2.15. The molecule has 1 N–H and O–H groups in total. The first kappa shape index (κ1) is 24.1. The van der Waals surface area contributed by atoms with Crippen molar-refractivity contribution in [2.24, 2.45) is 5.16 Å². The molecule has 0 saturated heterocycles. The maximum absolute atomic E-state index is 13.1. The Balaban J connectivity index is 2.66. The zero-order valence-corrected chi connectivity index (χ0v) is 19.9. The third-order valence-corrected chi connectivity index (χ3v) is 7.24. The predicted octanol–water partition coefficient (Wildman–Crippen LogP) is 4.77. The number of aliphatic hydroxyl groups is 1. The van der Waals surface area contributed by atoms with Crippen LogP contribution in [0.1, 0.15) is 73.3 Å². The van der Waals surface area contributed by atoms with E-state index in [2.05, 4.69) is 5.16 Å². The van der Waals surface area contributed by atoms with Crippen LogP contribution in [-0.4, -0.2) is 37.9 Å². The number of aliphatic hydroxyl groups excluding tert-OH is 1. The largest absolute Gasteiger partial charge is 0.511 e. The second-order valence-corrected chi connectivity index (χ2v) is 10.0. The average molecular weight is 436 g/mol. The predicted molar refractivity (Wildman–Crippen MR) is 119 cm³/mol. The van der Waals surface area contributed by atoms with Gasteiger partial charge in [0, 0.05) is 19.1 Å². The maximum atomic E-state index is 13.1. The summed E-state index contributed by atoms with van der Waals surface area (Å²) in [4.78, 5) is 18.5. The smallest absolute Gasteiger partial charge is 0.176 e. The fourth-order valence-corrected chi connectivity index (χ4v) is 5.73. The van der Waals surface area contributed by atoms with Gasteiger partial charge in [0.05, 0.1) is 16.2 Å². The van der Waals surface area contributed by atoms with Gasteiger partial charge in [-0.1, -0.05) is 18.5 Å². The van der Waals surface area contributed by atoms with Crippen LogP contribution in [0.3, 0.4) is 0 Å². The molecule has 30 heavy (non-hydrogen) atoms. The van der Waals surface area contributed by atoms with E-state index in [4.69, 9.17) is 4.84 Å². The lowest BCUT2D eigenvalue weighted by atomic mass is 9.77. The molecule has 1 aliphatic rings. The van der Waals surface area contributed by atoms with Crippen molar-refractivity contribution in [1.82, 2.24) is 0 Å². The average Bonchev–Trinajstić information content (AvgIpc) is 2.65. The monoisotopic (exact) mass is 435 g/mol. The summed E-state index contributed by atoms with van der Waals surface area (Å²) in [5.74, 6) is -0.679. The number of benzene rings is 1. The van der Waals surface area contributed by atoms with Gasteiger partial charge in [-0.2, -0.15) is 0 Å². The molecule has 0 heterocycles. The summed E-state index contributed by atoms with van der Waals surface area (Å²) >= 11 is 0. The van der Waals surface area contributed by atoms with Gasteiger partial charge >= 0.3 is 0 Å². The molecule has 0 bridgehead atoms. The molecule has 1 aliphatic carbocycles. The molecule has 1 aromatic rings. The van der Waals surface area contributed by atoms with Crippen molar-refractivity contribution in [2.45, 2.75) is 78.0 Å². The van der Waals surface area contributed by atoms with Gasteiger partial charge in [-0.3, -0.25) is 4.79 Å². The van der Waals surface area contributed by atoms with E-state index in [1.807, 2.05) is 34.6 Å². The van der Waals surface area contributed by atoms with E-state index in [0.29, 0.717) is 29.9 Å². The highest BCUT2D eigenvalue weighted by molar-refractivity contribution is 7.90. The molecule has 1 atom stereocenters. The third-order valence-electron chi connectivity index (χ3n) is 5.97. The van der Waals surface area contributed by atoms with Crippen molar-refractivity contribution in [2.75, 3.05) is 12.9 Å². The first-order valence-electron chi connectivity index (χ1n) is 10.4. The normalized spacial score (nSPS) is 18.2. The summed E-state index contributed by atoms with van der Waals surface area (Å²) < 4.78 is 25.4. The third kappa shape index (κ3) is 4.61. The zero-order valence-electron chi connectivity index (χ0n) is 19.0. The number of ketones is 1. The fourth-order valence-electron chi connectivity index (χ4n) is 4.30. The van der Waals surface area contributed by atoms with Crippen LogP contribution in [0.4, 0.5) is 0 Å². The van der Waals surface area contributed by atoms with Gasteiger partial charge in [0.15, 0.2) is 15.6 Å². The highest BCUT2D eigenvalue weighted by Gasteiger charge is 2.35. The first-order chi connectivity index (χ1) is 13.9. The van der Waals surface area contributed by atoms with E-state index in [-0.39, 0.29) is 34.9 Å². The SMILES string of the molecule is CCCC(=NOCC)C1=C(O)CC(c2c(C)c(C)c(C)c(C)c2S(C)(=O)=O)CC1=O. The number of sulfone groups is 1. The number of nitrogens with zero attached hydrogens (tertiary/aromatic N) is 1. The Kier molecular flexibility index (Phi) is 7.50. The van der Waals surface area contributed by atoms with Gasteiger partial charge in [0.1, 0.15) is 12.4 Å². The van der Waals surface area contributed by atoms with Crippen molar-refractivity contribution in [1.29, 1.82) is 0 Å². The molecule has 0 aliphatic heterocycles. The van der Waals surface area contributed by atoms with Crippen LogP contribution in [0.15, 0.2) is 21.4 Å². The summed E-state index contributed by atoms with van der Waals surface area (Å²) in [7, 11) is -3.51. The number of Topliss-reactive ketones (excluding diaryl/α,β-unsaturated/α-hetero) is 1. The lowest BCUT2D eigenvalue weighted by Crippen LogP contribution is -2.26. The van der Waals surface area contributed by atoms with Gasteiger partial charge in [-0.25, -0.2) is 8.42 Å². The van der Waals surface area contributed by atoms with Gasteiger partial charge in [0.25, 0.3) is 0 Å². The maximum Gasteiger partial charge on any atom is 0.176 e. The standard InChI is InChI=1S/C23H33NO5S/c1-8-10-18(24-29-9-2)22-19(25)11-17(12-20(22)26)21-15(5)13(3)14(4)16(6)23(21)30(7,27)28/h17,25H,8-12H2,1-7H3. The Bertz CT molecular complexity index is 1020. The molecule has 0 aromatic heterocycles. The van der Waals surface area contributed by atoms with Gasteiger partial charge in [-0.15, -0.1) is 0 Å². The summed E-state index contributed by atoms with van der Waals surface area (Å²) in [5, 5.41) is 14.9. The number of hydrogen-bond donors (Lipinski definition) is 1. The number of carbonyl (C=O) groups is 1. The van der Waals surface area contributed by atoms with Crippen LogP contribution in [0.2, 0.25) is 0 Å². The summed E-state index contributed by atoms with van der Waals surface area (Å²) in [5.41, 5.74) is 4.86. The van der Waals surface area contributed by atoms with Crippen molar-refractivity contribution in [3.8, 4) is 0 Å². The molecule has 2 rings (SSSR count). The van der Waals surface area contributed by atoms with Gasteiger partial charge in [-0.05, 0) is 74.8 Å². The molecular formula is C23H33NO5S. The van der Waals surface area contributed by atoms with E-state index >= 15 is 0 Å². The lowest BCUT2D eigenvalue weighted by Gasteiger charge is -2.29. The highest BCUT2D eigenvalue weighted by atomic mass is 32.2. The van der Waals surface area contributed by atoms with Crippen LogP contribution in [-0.2, 0) is 19.5 Å². The second kappa shape index (κ2) is 9.33. The van der Waals surface area contributed by atoms with Crippen LogP contribution < -0.4 is 0 Å². The summed E-state index contributed by atoms with van der Waals surface area (Å²) in [6, 6.07) is 0. The van der Waals surface area contributed by atoms with E-state index in [0.717, 1.165) is 23.1 Å².